The molecule has 1 amide bonds. The minimum atomic E-state index is -0.591. The minimum absolute atomic E-state index is 0.139. The predicted octanol–water partition coefficient (Wildman–Crippen LogP) is 4.73. The van der Waals surface area contributed by atoms with Gasteiger partial charge in [0.25, 0.3) is 0 Å². The number of halogens is 2. The Labute approximate surface area is 154 Å². The lowest BCUT2D eigenvalue weighted by molar-refractivity contribution is -0.117. The number of carbonyl (C=O) groups is 1. The van der Waals surface area contributed by atoms with Crippen LogP contribution in [0.3, 0.4) is 0 Å². The molecule has 2 N–H and O–H groups in total. The second kappa shape index (κ2) is 8.21. The lowest BCUT2D eigenvalue weighted by atomic mass is 10.0. The summed E-state index contributed by atoms with van der Waals surface area (Å²) in [6.45, 7) is 1.71. The highest BCUT2D eigenvalue weighted by molar-refractivity contribution is 7.10. The Morgan fingerprint density at radius 2 is 1.73 bits per heavy atom. The first-order valence-corrected chi connectivity index (χ1v) is 9.03. The van der Waals surface area contributed by atoms with Crippen molar-refractivity contribution < 1.29 is 13.6 Å². The third-order valence-corrected chi connectivity index (χ3v) is 4.91. The van der Waals surface area contributed by atoms with Crippen LogP contribution in [0, 0.1) is 11.6 Å². The Morgan fingerprint density at radius 3 is 2.38 bits per heavy atom. The molecule has 0 aliphatic carbocycles. The van der Waals surface area contributed by atoms with Gasteiger partial charge in [-0.25, -0.2) is 8.78 Å². The van der Waals surface area contributed by atoms with E-state index in [-0.39, 0.29) is 23.5 Å². The van der Waals surface area contributed by atoms with E-state index in [1.807, 2.05) is 17.5 Å². The van der Waals surface area contributed by atoms with Gasteiger partial charge >= 0.3 is 0 Å². The number of rotatable bonds is 6. The van der Waals surface area contributed by atoms with Gasteiger partial charge in [-0.2, -0.15) is 0 Å². The van der Waals surface area contributed by atoms with Crippen LogP contribution in [0.5, 0.6) is 0 Å². The van der Waals surface area contributed by atoms with E-state index in [9.17, 15) is 13.6 Å². The van der Waals surface area contributed by atoms with E-state index in [4.69, 9.17) is 0 Å². The van der Waals surface area contributed by atoms with E-state index in [1.165, 1.54) is 24.3 Å². The van der Waals surface area contributed by atoms with Crippen molar-refractivity contribution in [2.45, 2.75) is 19.0 Å². The summed E-state index contributed by atoms with van der Waals surface area (Å²) in [6.07, 6.45) is 0. The number of amides is 1. The first kappa shape index (κ1) is 18.2. The molecular weight excluding hydrogens is 354 g/mol. The molecule has 0 aliphatic rings. The van der Waals surface area contributed by atoms with Gasteiger partial charge in [0.05, 0.1) is 17.8 Å². The molecule has 134 valence electrons. The fourth-order valence-corrected chi connectivity index (χ4v) is 3.39. The molecule has 2 atom stereocenters. The van der Waals surface area contributed by atoms with Crippen LogP contribution >= 0.6 is 11.3 Å². The van der Waals surface area contributed by atoms with Crippen molar-refractivity contribution in [1.29, 1.82) is 0 Å². The van der Waals surface area contributed by atoms with Gasteiger partial charge in [-0.3, -0.25) is 10.1 Å². The van der Waals surface area contributed by atoms with Crippen molar-refractivity contribution in [3.63, 3.8) is 0 Å². The number of anilines is 1. The summed E-state index contributed by atoms with van der Waals surface area (Å²) in [4.78, 5) is 13.5. The molecule has 0 saturated carbocycles. The zero-order chi connectivity index (χ0) is 18.5. The van der Waals surface area contributed by atoms with Crippen LogP contribution in [0.4, 0.5) is 14.5 Å². The molecule has 2 aromatic carbocycles. The molecule has 0 fully saturated rings. The highest BCUT2D eigenvalue weighted by atomic mass is 32.1. The molecule has 3 rings (SSSR count). The Hall–Kier alpha value is -2.57. The summed E-state index contributed by atoms with van der Waals surface area (Å²) < 4.78 is 27.0. The number of thiophene rings is 1. The maximum atomic E-state index is 13.7. The fourth-order valence-electron chi connectivity index (χ4n) is 2.58. The van der Waals surface area contributed by atoms with Gasteiger partial charge < -0.3 is 5.32 Å². The summed E-state index contributed by atoms with van der Waals surface area (Å²) in [5.74, 6) is -1.15. The molecule has 0 saturated heterocycles. The van der Waals surface area contributed by atoms with Crippen LogP contribution < -0.4 is 10.6 Å². The number of carbonyl (C=O) groups excluding carboxylic acids is 1. The average Bonchev–Trinajstić information content (AvgIpc) is 3.16. The van der Waals surface area contributed by atoms with Gasteiger partial charge in [0.15, 0.2) is 0 Å². The minimum Gasteiger partial charge on any atom is -0.322 e. The second-order valence-corrected chi connectivity index (χ2v) is 6.84. The average molecular weight is 372 g/mol. The molecule has 3 nitrogen and oxygen atoms in total. The maximum Gasteiger partial charge on any atom is 0.241 e. The lowest BCUT2D eigenvalue weighted by Crippen LogP contribution is -2.40. The Balaban J connectivity index is 1.77. The third kappa shape index (κ3) is 4.33. The Bertz CT molecular complexity index is 866. The molecule has 0 aliphatic heterocycles. The van der Waals surface area contributed by atoms with Gasteiger partial charge in [0.2, 0.25) is 5.91 Å². The third-order valence-electron chi connectivity index (χ3n) is 3.97. The molecule has 0 bridgehead atoms. The molecule has 1 aromatic heterocycles. The van der Waals surface area contributed by atoms with Crippen LogP contribution in [0.1, 0.15) is 23.4 Å². The molecular formula is C20H18F2N2OS. The smallest absolute Gasteiger partial charge is 0.241 e. The van der Waals surface area contributed by atoms with E-state index in [1.54, 1.807) is 42.5 Å². The van der Waals surface area contributed by atoms with E-state index in [0.717, 1.165) is 10.4 Å². The van der Waals surface area contributed by atoms with Crippen LogP contribution in [-0.4, -0.2) is 11.9 Å². The number of hydrogen-bond donors (Lipinski definition) is 2. The quantitative estimate of drug-likeness (QED) is 0.657. The highest BCUT2D eigenvalue weighted by Crippen LogP contribution is 2.27. The monoisotopic (exact) mass is 372 g/mol. The van der Waals surface area contributed by atoms with Gasteiger partial charge in [-0.05, 0) is 48.2 Å². The van der Waals surface area contributed by atoms with Crippen molar-refractivity contribution >= 4 is 22.9 Å². The van der Waals surface area contributed by atoms with Crippen LogP contribution in [-0.2, 0) is 4.79 Å². The zero-order valence-corrected chi connectivity index (χ0v) is 14.9. The summed E-state index contributed by atoms with van der Waals surface area (Å²) in [7, 11) is 0. The van der Waals surface area contributed by atoms with E-state index >= 15 is 0 Å². The van der Waals surface area contributed by atoms with Crippen molar-refractivity contribution in [3.8, 4) is 0 Å². The molecule has 6 heteroatoms. The standard InChI is InChI=1S/C20H18F2N2OS/c1-13(20(25)24-17-6-3-2-5-16(17)22)23-19(18-7-4-12-26-18)14-8-10-15(21)11-9-14/h2-13,19,23H,1H3,(H,24,25)/t13-,19+/m1/s1. The molecule has 1 heterocycles. The first-order valence-electron chi connectivity index (χ1n) is 8.15. The molecule has 0 radical (unpaired) electrons. The van der Waals surface area contributed by atoms with Gasteiger partial charge in [-0.1, -0.05) is 30.3 Å². The van der Waals surface area contributed by atoms with E-state index < -0.39 is 11.9 Å². The normalized spacial score (nSPS) is 13.2. The SMILES string of the molecule is C[C@@H](N[C@@H](c1ccc(F)cc1)c1cccs1)C(=O)Nc1ccccc1F. The predicted molar refractivity (Wildman–Crippen MR) is 100 cm³/mol. The molecule has 0 spiro atoms. The van der Waals surface area contributed by atoms with Gasteiger partial charge in [-0.15, -0.1) is 11.3 Å². The van der Waals surface area contributed by atoms with Crippen molar-refractivity contribution in [2.24, 2.45) is 0 Å². The lowest BCUT2D eigenvalue weighted by Gasteiger charge is -2.23. The second-order valence-electron chi connectivity index (χ2n) is 5.86. The largest absolute Gasteiger partial charge is 0.322 e. The topological polar surface area (TPSA) is 41.1 Å². The molecule has 0 unspecified atom stereocenters. The fraction of sp³-hybridized carbons (Fsp3) is 0.150. The maximum absolute atomic E-state index is 13.7. The van der Waals surface area contributed by atoms with Crippen molar-refractivity contribution in [2.75, 3.05) is 5.32 Å². The highest BCUT2D eigenvalue weighted by Gasteiger charge is 2.22. The number of nitrogens with one attached hydrogen (secondary N) is 2. The first-order chi connectivity index (χ1) is 12.5. The Morgan fingerprint density at radius 1 is 1.00 bits per heavy atom. The summed E-state index contributed by atoms with van der Waals surface area (Å²) in [5.41, 5.74) is 0.986. The van der Waals surface area contributed by atoms with Gasteiger partial charge in [0, 0.05) is 4.88 Å². The zero-order valence-electron chi connectivity index (χ0n) is 14.1. The summed E-state index contributed by atoms with van der Waals surface area (Å²) in [5, 5.41) is 7.78. The van der Waals surface area contributed by atoms with Crippen molar-refractivity contribution in [1.82, 2.24) is 5.32 Å². The van der Waals surface area contributed by atoms with Crippen molar-refractivity contribution in [3.05, 3.63) is 88.1 Å². The van der Waals surface area contributed by atoms with Crippen LogP contribution in [0.25, 0.3) is 0 Å². The van der Waals surface area contributed by atoms with Crippen LogP contribution in [0.15, 0.2) is 66.0 Å². The van der Waals surface area contributed by atoms with Gasteiger partial charge in [0.1, 0.15) is 11.6 Å². The number of benzene rings is 2. The van der Waals surface area contributed by atoms with E-state index in [2.05, 4.69) is 10.6 Å². The summed E-state index contributed by atoms with van der Waals surface area (Å²) >= 11 is 1.54. The summed E-state index contributed by atoms with van der Waals surface area (Å²) in [6, 6.07) is 15.2. The number of para-hydroxylation sites is 1. The Kier molecular flexibility index (Phi) is 5.75. The number of hydrogen-bond acceptors (Lipinski definition) is 3. The molecule has 3 aromatic rings. The van der Waals surface area contributed by atoms with E-state index in [0.29, 0.717) is 0 Å². The molecule has 26 heavy (non-hydrogen) atoms. The van der Waals surface area contributed by atoms with Crippen LogP contribution in [0.2, 0.25) is 0 Å².